The molecule has 3 N–H and O–H groups in total. The van der Waals surface area contributed by atoms with Crippen molar-refractivity contribution in [2.45, 2.75) is 44.1 Å². The van der Waals surface area contributed by atoms with E-state index in [1.807, 2.05) is 0 Å². The second kappa shape index (κ2) is 9.96. The highest BCUT2D eigenvalue weighted by molar-refractivity contribution is 5.94. The number of pyridine rings is 1. The Balaban J connectivity index is 0.000000589. The number of hydrogen-bond acceptors (Lipinski definition) is 7. The Labute approximate surface area is 174 Å². The fourth-order valence-electron chi connectivity index (χ4n) is 3.93. The van der Waals surface area contributed by atoms with Gasteiger partial charge >= 0.3 is 0 Å². The summed E-state index contributed by atoms with van der Waals surface area (Å²) in [7, 11) is 0. The van der Waals surface area contributed by atoms with Gasteiger partial charge in [-0.3, -0.25) is 19.4 Å². The summed E-state index contributed by atoms with van der Waals surface area (Å²) >= 11 is 0. The van der Waals surface area contributed by atoms with E-state index in [1.165, 1.54) is 0 Å². The molecule has 0 aromatic carbocycles. The average molecular weight is 421 g/mol. The van der Waals surface area contributed by atoms with Gasteiger partial charge in [0, 0.05) is 43.9 Å². The smallest absolute Gasteiger partial charge is 0.300 e. The maximum atomic E-state index is 12.6. The third-order valence-electron chi connectivity index (χ3n) is 5.44. The molecule has 3 saturated heterocycles. The quantitative estimate of drug-likeness (QED) is 0.603. The molecule has 3 aliphatic heterocycles. The number of aromatic nitrogens is 1. The minimum Gasteiger partial charge on any atom is -0.481 e. The minimum atomic E-state index is -0.833. The molecular formula is C20H27N3O7. The van der Waals surface area contributed by atoms with E-state index in [1.54, 1.807) is 29.4 Å². The molecule has 1 aromatic rings. The first kappa shape index (κ1) is 22.1. The van der Waals surface area contributed by atoms with Gasteiger partial charge in [0.2, 0.25) is 5.91 Å². The number of hydrogen-bond donors (Lipinski definition) is 3. The van der Waals surface area contributed by atoms with Crippen LogP contribution in [-0.2, 0) is 19.1 Å². The number of ether oxygens (including phenoxy) is 2. The molecule has 2 amide bonds. The first-order valence-corrected chi connectivity index (χ1v) is 9.97. The summed E-state index contributed by atoms with van der Waals surface area (Å²) in [5, 5.41) is 20.2. The molecule has 3 fully saturated rings. The Morgan fingerprint density at radius 2 is 1.70 bits per heavy atom. The molecule has 0 radical (unpaired) electrons. The lowest BCUT2D eigenvalue weighted by molar-refractivity contribution is -0.134. The zero-order valence-corrected chi connectivity index (χ0v) is 16.8. The fraction of sp³-hybridized carbons (Fsp3) is 0.600. The Kier molecular flexibility index (Phi) is 7.35. The highest BCUT2D eigenvalue weighted by Crippen LogP contribution is 2.28. The van der Waals surface area contributed by atoms with E-state index in [-0.39, 0.29) is 42.6 Å². The van der Waals surface area contributed by atoms with Gasteiger partial charge in [-0.1, -0.05) is 0 Å². The lowest BCUT2D eigenvalue weighted by Gasteiger charge is -2.32. The molecule has 10 nitrogen and oxygen atoms in total. The molecule has 0 aliphatic carbocycles. The highest BCUT2D eigenvalue weighted by Gasteiger charge is 2.48. The van der Waals surface area contributed by atoms with Gasteiger partial charge in [-0.25, -0.2) is 0 Å². The van der Waals surface area contributed by atoms with Gasteiger partial charge in [0.25, 0.3) is 11.9 Å². The van der Waals surface area contributed by atoms with Crippen LogP contribution in [0.1, 0.15) is 30.1 Å². The number of aliphatic hydroxyl groups excluding tert-OH is 1. The van der Waals surface area contributed by atoms with Crippen LogP contribution in [0.2, 0.25) is 0 Å². The van der Waals surface area contributed by atoms with Crippen molar-refractivity contribution in [2.24, 2.45) is 5.92 Å². The molecule has 3 aliphatic rings. The van der Waals surface area contributed by atoms with Gasteiger partial charge in [-0.15, -0.1) is 0 Å². The SMILES string of the molecule is CC(=O)O.O=C(N[C@H]1CO[C@H]2[C@@H]1OC[C@@H]2O)C1CCN(C(=O)c2ccncc2)CC1. The van der Waals surface area contributed by atoms with Crippen LogP contribution in [0.15, 0.2) is 24.5 Å². The van der Waals surface area contributed by atoms with Gasteiger partial charge in [-0.05, 0) is 25.0 Å². The fourth-order valence-corrected chi connectivity index (χ4v) is 3.93. The number of carbonyl (C=O) groups is 3. The number of aliphatic hydroxyl groups is 1. The van der Waals surface area contributed by atoms with E-state index in [0.29, 0.717) is 38.1 Å². The number of likely N-dealkylation sites (tertiary alicyclic amines) is 1. The summed E-state index contributed by atoms with van der Waals surface area (Å²) in [6, 6.07) is 3.18. The number of fused-ring (bicyclic) bond motifs is 1. The van der Waals surface area contributed by atoms with Gasteiger partial charge in [-0.2, -0.15) is 0 Å². The molecule has 0 saturated carbocycles. The third kappa shape index (κ3) is 5.32. The zero-order chi connectivity index (χ0) is 21.7. The summed E-state index contributed by atoms with van der Waals surface area (Å²) in [4.78, 5) is 39.7. The van der Waals surface area contributed by atoms with Crippen LogP contribution in [-0.4, -0.2) is 88.5 Å². The predicted octanol–water partition coefficient (Wildman–Crippen LogP) is -0.332. The molecular weight excluding hydrogens is 394 g/mol. The van der Waals surface area contributed by atoms with Crippen molar-refractivity contribution in [1.29, 1.82) is 0 Å². The molecule has 0 bridgehead atoms. The van der Waals surface area contributed by atoms with Crippen LogP contribution in [0.3, 0.4) is 0 Å². The van der Waals surface area contributed by atoms with E-state index in [2.05, 4.69) is 10.3 Å². The lowest BCUT2D eigenvalue weighted by atomic mass is 9.94. The number of carbonyl (C=O) groups excluding carboxylic acids is 2. The number of nitrogens with one attached hydrogen (secondary N) is 1. The van der Waals surface area contributed by atoms with Crippen molar-refractivity contribution < 1.29 is 34.1 Å². The molecule has 30 heavy (non-hydrogen) atoms. The number of piperidine rings is 1. The Bertz CT molecular complexity index is 748. The van der Waals surface area contributed by atoms with E-state index >= 15 is 0 Å². The summed E-state index contributed by atoms with van der Waals surface area (Å²) in [6.45, 7) is 2.80. The van der Waals surface area contributed by atoms with E-state index in [9.17, 15) is 14.7 Å². The second-order valence-corrected chi connectivity index (χ2v) is 7.60. The molecule has 0 unspecified atom stereocenters. The number of carboxylic acids is 1. The maximum absolute atomic E-state index is 12.6. The van der Waals surface area contributed by atoms with Crippen LogP contribution in [0, 0.1) is 5.92 Å². The van der Waals surface area contributed by atoms with E-state index in [4.69, 9.17) is 19.4 Å². The summed E-state index contributed by atoms with van der Waals surface area (Å²) in [6.07, 6.45) is 3.23. The van der Waals surface area contributed by atoms with Crippen molar-refractivity contribution in [3.63, 3.8) is 0 Å². The number of rotatable bonds is 3. The largest absolute Gasteiger partial charge is 0.481 e. The van der Waals surface area contributed by atoms with E-state index < -0.39 is 12.1 Å². The van der Waals surface area contributed by atoms with Crippen molar-refractivity contribution in [2.75, 3.05) is 26.3 Å². The highest BCUT2D eigenvalue weighted by atomic mass is 16.6. The van der Waals surface area contributed by atoms with Crippen molar-refractivity contribution in [1.82, 2.24) is 15.2 Å². The topological polar surface area (TPSA) is 138 Å². The normalized spacial score (nSPS) is 28.3. The van der Waals surface area contributed by atoms with Gasteiger partial charge in [0.05, 0.1) is 19.3 Å². The monoisotopic (exact) mass is 421 g/mol. The summed E-state index contributed by atoms with van der Waals surface area (Å²) < 4.78 is 11.1. The standard InChI is InChI=1S/C18H23N3O5.C2H4O2/c22-14-10-26-15-13(9-25-16(14)15)20-17(23)11-3-7-21(8-4-11)18(24)12-1-5-19-6-2-12;1-2(3)4/h1-2,5-6,11,13-16,22H,3-4,7-10H2,(H,20,23);1H3,(H,3,4)/t13-,14-,15+,16+;/m0./s1. The van der Waals surface area contributed by atoms with Crippen LogP contribution < -0.4 is 5.32 Å². The first-order valence-electron chi connectivity index (χ1n) is 9.97. The van der Waals surface area contributed by atoms with Gasteiger partial charge < -0.3 is 29.9 Å². The third-order valence-corrected chi connectivity index (χ3v) is 5.44. The number of aliphatic carboxylic acids is 1. The van der Waals surface area contributed by atoms with Crippen LogP contribution in [0.4, 0.5) is 0 Å². The van der Waals surface area contributed by atoms with Gasteiger partial charge in [0.15, 0.2) is 0 Å². The molecule has 0 spiro atoms. The van der Waals surface area contributed by atoms with Crippen LogP contribution in [0.25, 0.3) is 0 Å². The van der Waals surface area contributed by atoms with E-state index in [0.717, 1.165) is 6.92 Å². The Morgan fingerprint density at radius 1 is 1.10 bits per heavy atom. The maximum Gasteiger partial charge on any atom is 0.300 e. The van der Waals surface area contributed by atoms with Crippen molar-refractivity contribution in [3.05, 3.63) is 30.1 Å². The number of carboxylic acid groups (broad SMARTS) is 1. The molecule has 4 atom stereocenters. The second-order valence-electron chi connectivity index (χ2n) is 7.60. The Morgan fingerprint density at radius 3 is 2.33 bits per heavy atom. The molecule has 164 valence electrons. The van der Waals surface area contributed by atoms with Crippen LogP contribution in [0.5, 0.6) is 0 Å². The number of nitrogens with zero attached hydrogens (tertiary/aromatic N) is 2. The Hall–Kier alpha value is -2.56. The van der Waals surface area contributed by atoms with Gasteiger partial charge in [0.1, 0.15) is 18.3 Å². The average Bonchev–Trinajstić information content (AvgIpc) is 3.31. The van der Waals surface area contributed by atoms with Crippen molar-refractivity contribution >= 4 is 17.8 Å². The molecule has 1 aromatic heterocycles. The van der Waals surface area contributed by atoms with Crippen LogP contribution >= 0.6 is 0 Å². The van der Waals surface area contributed by atoms with Crippen molar-refractivity contribution in [3.8, 4) is 0 Å². The lowest BCUT2D eigenvalue weighted by Crippen LogP contribution is -2.49. The molecule has 10 heteroatoms. The molecule has 4 heterocycles. The summed E-state index contributed by atoms with van der Waals surface area (Å²) in [5.74, 6) is -1.01. The number of amides is 2. The summed E-state index contributed by atoms with van der Waals surface area (Å²) in [5.41, 5.74) is 0.619. The first-order chi connectivity index (χ1) is 14.4. The predicted molar refractivity (Wildman–Crippen MR) is 104 cm³/mol. The molecule has 4 rings (SSSR count). The zero-order valence-electron chi connectivity index (χ0n) is 16.8. The minimum absolute atomic E-state index is 0.0216.